The van der Waals surface area contributed by atoms with E-state index in [2.05, 4.69) is 36.0 Å². The Morgan fingerprint density at radius 2 is 1.85 bits per heavy atom. The minimum Gasteiger partial charge on any atom is -0.478 e. The Hall–Kier alpha value is -2.98. The van der Waals surface area contributed by atoms with E-state index in [4.69, 9.17) is 33.0 Å². The maximum atomic E-state index is 15.8. The number of nitrogens with one attached hydrogen (secondary N) is 1. The minimum atomic E-state index is -1.11. The molecule has 0 unspecified atom stereocenters. The molecule has 0 bridgehead atoms. The standard InChI is InChI=1S/C30H32Cl2FN3O4S/c1-17(28(38)39)14-21-22(31)15-19(16-23(21)32)26(37)35-29-34-25(27(41-29)36-10-12-40-13-11-36)20-7-5-6-18(24(20)33)8-9-30(2,3)4/h5-7,14-16H,8-13H2,1-4H3,(H,38,39)(H,34,35,37)/b17-14+. The van der Waals surface area contributed by atoms with Crippen molar-refractivity contribution in [2.75, 3.05) is 36.5 Å². The second-order valence-electron chi connectivity index (χ2n) is 11.1. The molecule has 1 aliphatic rings. The smallest absolute Gasteiger partial charge is 0.331 e. The van der Waals surface area contributed by atoms with Crippen molar-refractivity contribution in [3.8, 4) is 11.3 Å². The third-order valence-electron chi connectivity index (χ3n) is 6.65. The van der Waals surface area contributed by atoms with Crippen molar-refractivity contribution in [3.05, 3.63) is 68.5 Å². The normalized spacial score (nSPS) is 14.3. The number of hydrogen-bond acceptors (Lipinski definition) is 6. The number of benzene rings is 2. The van der Waals surface area contributed by atoms with Crippen LogP contribution >= 0.6 is 34.5 Å². The van der Waals surface area contributed by atoms with E-state index >= 15 is 4.39 Å². The number of hydrogen-bond donors (Lipinski definition) is 2. The maximum absolute atomic E-state index is 15.8. The summed E-state index contributed by atoms with van der Waals surface area (Å²) < 4.78 is 21.4. The molecule has 0 spiro atoms. The molecule has 1 saturated heterocycles. The molecule has 4 rings (SSSR count). The number of thiazole rings is 1. The molecular weight excluding hydrogens is 588 g/mol. The van der Waals surface area contributed by atoms with Gasteiger partial charge in [-0.1, -0.05) is 67.4 Å². The van der Waals surface area contributed by atoms with Crippen LogP contribution in [0.2, 0.25) is 10.0 Å². The predicted molar refractivity (Wildman–Crippen MR) is 164 cm³/mol. The molecule has 2 N–H and O–H groups in total. The fourth-order valence-corrected chi connectivity index (χ4v) is 5.91. The van der Waals surface area contributed by atoms with Crippen molar-refractivity contribution in [1.82, 2.24) is 4.98 Å². The van der Waals surface area contributed by atoms with Crippen LogP contribution in [0.4, 0.5) is 14.5 Å². The summed E-state index contributed by atoms with van der Waals surface area (Å²) in [6.07, 6.45) is 2.78. The lowest BCUT2D eigenvalue weighted by Crippen LogP contribution is -2.36. The van der Waals surface area contributed by atoms with Gasteiger partial charge in [0.2, 0.25) is 0 Å². The van der Waals surface area contributed by atoms with Crippen molar-refractivity contribution in [1.29, 1.82) is 0 Å². The lowest BCUT2D eigenvalue weighted by molar-refractivity contribution is -0.132. The van der Waals surface area contributed by atoms with Crippen LogP contribution in [0.5, 0.6) is 0 Å². The number of aromatic nitrogens is 1. The zero-order valence-electron chi connectivity index (χ0n) is 23.3. The Kier molecular flexibility index (Phi) is 9.74. The van der Waals surface area contributed by atoms with Crippen LogP contribution in [0.25, 0.3) is 17.3 Å². The first-order valence-corrected chi connectivity index (χ1v) is 14.7. The van der Waals surface area contributed by atoms with Crippen molar-refractivity contribution in [3.63, 3.8) is 0 Å². The third-order valence-corrected chi connectivity index (χ3v) is 8.30. The lowest BCUT2D eigenvalue weighted by Gasteiger charge is -2.28. The first kappa shape index (κ1) is 31.0. The highest BCUT2D eigenvalue weighted by Gasteiger charge is 2.25. The van der Waals surface area contributed by atoms with Crippen LogP contribution in [0, 0.1) is 11.2 Å². The number of carbonyl (C=O) groups excluding carboxylic acids is 1. The van der Waals surface area contributed by atoms with Crippen molar-refractivity contribution < 1.29 is 23.8 Å². The maximum Gasteiger partial charge on any atom is 0.331 e. The number of ether oxygens (including phenoxy) is 1. The van der Waals surface area contributed by atoms with Gasteiger partial charge in [-0.05, 0) is 55.0 Å². The van der Waals surface area contributed by atoms with E-state index in [0.29, 0.717) is 60.2 Å². The highest BCUT2D eigenvalue weighted by atomic mass is 35.5. The summed E-state index contributed by atoms with van der Waals surface area (Å²) in [5, 5.41) is 13.3. The molecule has 0 atom stereocenters. The first-order valence-electron chi connectivity index (χ1n) is 13.2. The molecule has 1 fully saturated rings. The second-order valence-corrected chi connectivity index (χ2v) is 12.8. The molecule has 2 heterocycles. The predicted octanol–water partition coefficient (Wildman–Crippen LogP) is 7.81. The number of carboxylic acids is 1. The number of anilines is 2. The van der Waals surface area contributed by atoms with Crippen LogP contribution < -0.4 is 10.2 Å². The summed E-state index contributed by atoms with van der Waals surface area (Å²) in [7, 11) is 0. The van der Waals surface area contributed by atoms with Crippen LogP contribution in [-0.2, 0) is 16.0 Å². The summed E-state index contributed by atoms with van der Waals surface area (Å²) >= 11 is 14.0. The Balaban J connectivity index is 1.67. The quantitative estimate of drug-likeness (QED) is 0.250. The first-order chi connectivity index (χ1) is 19.3. The Morgan fingerprint density at radius 3 is 2.46 bits per heavy atom. The van der Waals surface area contributed by atoms with E-state index < -0.39 is 11.9 Å². The van der Waals surface area contributed by atoms with Gasteiger partial charge in [-0.3, -0.25) is 10.1 Å². The van der Waals surface area contributed by atoms with E-state index in [1.54, 1.807) is 12.1 Å². The molecule has 1 aromatic heterocycles. The number of carbonyl (C=O) groups is 2. The van der Waals surface area contributed by atoms with Gasteiger partial charge in [0.05, 0.1) is 23.3 Å². The van der Waals surface area contributed by atoms with Gasteiger partial charge in [0.25, 0.3) is 5.91 Å². The van der Waals surface area contributed by atoms with Gasteiger partial charge in [-0.25, -0.2) is 14.2 Å². The molecule has 1 amide bonds. The number of amides is 1. The van der Waals surface area contributed by atoms with E-state index in [1.807, 2.05) is 6.07 Å². The molecule has 3 aromatic rings. The second kappa shape index (κ2) is 12.9. The van der Waals surface area contributed by atoms with Gasteiger partial charge in [0, 0.05) is 35.4 Å². The van der Waals surface area contributed by atoms with Crippen LogP contribution in [0.1, 0.15) is 55.6 Å². The van der Waals surface area contributed by atoms with Crippen molar-refractivity contribution in [2.45, 2.75) is 40.5 Å². The summed E-state index contributed by atoms with van der Waals surface area (Å²) in [6, 6.07) is 8.19. The highest BCUT2D eigenvalue weighted by Crippen LogP contribution is 2.41. The molecule has 0 radical (unpaired) electrons. The van der Waals surface area contributed by atoms with Crippen LogP contribution in [0.15, 0.2) is 35.9 Å². The lowest BCUT2D eigenvalue weighted by atomic mass is 9.88. The topological polar surface area (TPSA) is 91.8 Å². The molecule has 0 aliphatic carbocycles. The molecular formula is C30H32Cl2FN3O4S. The zero-order chi connectivity index (χ0) is 29.9. The third kappa shape index (κ3) is 7.65. The molecule has 7 nitrogen and oxygen atoms in total. The van der Waals surface area contributed by atoms with E-state index in [-0.39, 0.29) is 32.4 Å². The Morgan fingerprint density at radius 1 is 1.20 bits per heavy atom. The van der Waals surface area contributed by atoms with Gasteiger partial charge >= 0.3 is 5.97 Å². The van der Waals surface area contributed by atoms with E-state index in [0.717, 1.165) is 11.4 Å². The van der Waals surface area contributed by atoms with Crippen molar-refractivity contribution >= 4 is 62.6 Å². The van der Waals surface area contributed by atoms with Gasteiger partial charge in [-0.2, -0.15) is 0 Å². The number of nitrogens with zero attached hydrogens (tertiary/aromatic N) is 2. The minimum absolute atomic E-state index is 0.0478. The Bertz CT molecular complexity index is 1470. The summed E-state index contributed by atoms with van der Waals surface area (Å²) in [6.45, 7) is 10.1. The molecule has 0 saturated carbocycles. The largest absolute Gasteiger partial charge is 0.478 e. The number of aryl methyl sites for hydroxylation is 1. The Labute approximate surface area is 252 Å². The monoisotopic (exact) mass is 619 g/mol. The molecule has 11 heteroatoms. The fraction of sp³-hybridized carbons (Fsp3) is 0.367. The van der Waals surface area contributed by atoms with E-state index in [1.165, 1.54) is 36.5 Å². The van der Waals surface area contributed by atoms with Gasteiger partial charge in [0.1, 0.15) is 16.5 Å². The number of aliphatic carboxylic acids is 1. The number of halogens is 3. The zero-order valence-corrected chi connectivity index (χ0v) is 25.6. The fourth-order valence-electron chi connectivity index (χ4n) is 4.29. The summed E-state index contributed by atoms with van der Waals surface area (Å²) in [5.74, 6) is -1.92. The van der Waals surface area contributed by atoms with Gasteiger partial charge in [-0.15, -0.1) is 0 Å². The van der Waals surface area contributed by atoms with Crippen molar-refractivity contribution in [2.24, 2.45) is 5.41 Å². The number of carboxylic acid groups (broad SMARTS) is 1. The average molecular weight is 621 g/mol. The SMILES string of the molecule is C/C(=C\c1c(Cl)cc(C(=O)Nc2nc(-c3cccc(CCC(C)(C)C)c3F)c(N3CCOCC3)s2)cc1Cl)C(=O)O. The van der Waals surface area contributed by atoms with Crippen LogP contribution in [-0.4, -0.2) is 48.3 Å². The average Bonchev–Trinajstić information content (AvgIpc) is 3.33. The molecule has 218 valence electrons. The molecule has 41 heavy (non-hydrogen) atoms. The van der Waals surface area contributed by atoms with E-state index in [9.17, 15) is 9.59 Å². The highest BCUT2D eigenvalue weighted by molar-refractivity contribution is 7.20. The van der Waals surface area contributed by atoms with Gasteiger partial charge < -0.3 is 14.7 Å². The molecule has 2 aromatic carbocycles. The number of morpholine rings is 1. The number of rotatable bonds is 8. The molecule has 1 aliphatic heterocycles. The van der Waals surface area contributed by atoms with Crippen LogP contribution in [0.3, 0.4) is 0 Å². The summed E-state index contributed by atoms with van der Waals surface area (Å²) in [5.41, 5.74) is 2.05. The summed E-state index contributed by atoms with van der Waals surface area (Å²) in [4.78, 5) is 31.2. The van der Waals surface area contributed by atoms with Gasteiger partial charge in [0.15, 0.2) is 5.13 Å².